The molecule has 4 heteroatoms. The number of aromatic nitrogens is 1. The highest BCUT2D eigenvalue weighted by Crippen LogP contribution is 2.16. The first kappa shape index (κ1) is 15.2. The van der Waals surface area contributed by atoms with Crippen molar-refractivity contribution in [2.75, 3.05) is 6.61 Å². The summed E-state index contributed by atoms with van der Waals surface area (Å²) in [5.41, 5.74) is 2.89. The van der Waals surface area contributed by atoms with Gasteiger partial charge in [-0.2, -0.15) is 0 Å². The smallest absolute Gasteiger partial charge is 0.308 e. The van der Waals surface area contributed by atoms with E-state index in [2.05, 4.69) is 18.8 Å². The van der Waals surface area contributed by atoms with Gasteiger partial charge >= 0.3 is 5.97 Å². The van der Waals surface area contributed by atoms with Crippen molar-refractivity contribution in [1.29, 1.82) is 0 Å². The maximum atomic E-state index is 11.9. The van der Waals surface area contributed by atoms with Crippen molar-refractivity contribution in [3.8, 4) is 0 Å². The summed E-state index contributed by atoms with van der Waals surface area (Å²) in [4.78, 5) is 17.3. The minimum absolute atomic E-state index is 0.0341. The summed E-state index contributed by atoms with van der Waals surface area (Å²) < 4.78 is 5.36. The third-order valence-electron chi connectivity index (χ3n) is 3.15. The third kappa shape index (κ3) is 4.77. The zero-order valence-corrected chi connectivity index (χ0v) is 12.4. The minimum Gasteiger partial charge on any atom is -0.465 e. The summed E-state index contributed by atoms with van der Waals surface area (Å²) in [7, 11) is 0. The molecule has 3 nitrogen and oxygen atoms in total. The van der Waals surface area contributed by atoms with E-state index in [1.54, 1.807) is 11.3 Å². The van der Waals surface area contributed by atoms with E-state index in [0.717, 1.165) is 37.8 Å². The Labute approximate surface area is 114 Å². The van der Waals surface area contributed by atoms with Gasteiger partial charge in [-0.3, -0.25) is 4.79 Å². The molecule has 0 radical (unpaired) electrons. The fraction of sp³-hybridized carbons (Fsp3) is 0.714. The van der Waals surface area contributed by atoms with E-state index >= 15 is 0 Å². The third-order valence-corrected chi connectivity index (χ3v) is 4.15. The van der Waals surface area contributed by atoms with Crippen LogP contribution in [0.2, 0.25) is 0 Å². The lowest BCUT2D eigenvalue weighted by Gasteiger charge is -2.13. The van der Waals surface area contributed by atoms with Crippen molar-refractivity contribution in [2.24, 2.45) is 5.92 Å². The number of ether oxygens (including phenoxy) is 1. The van der Waals surface area contributed by atoms with Gasteiger partial charge in [0.2, 0.25) is 0 Å². The van der Waals surface area contributed by atoms with Gasteiger partial charge in [-0.05, 0) is 19.8 Å². The van der Waals surface area contributed by atoms with Crippen molar-refractivity contribution in [3.63, 3.8) is 0 Å². The molecule has 0 saturated carbocycles. The van der Waals surface area contributed by atoms with Crippen LogP contribution >= 0.6 is 11.3 Å². The summed E-state index contributed by atoms with van der Waals surface area (Å²) in [6.07, 6.45) is 4.84. The van der Waals surface area contributed by atoms with Crippen molar-refractivity contribution in [1.82, 2.24) is 4.98 Å². The molecule has 0 aliphatic carbocycles. The highest BCUT2D eigenvalue weighted by Gasteiger charge is 2.17. The Balaban J connectivity index is 2.29. The number of esters is 1. The summed E-state index contributed by atoms with van der Waals surface area (Å²) in [5.74, 6) is 0.0422. The molecular formula is C14H23NO2S. The second-order valence-corrected chi connectivity index (χ2v) is 5.47. The standard InChI is InChI=1S/C14H23NO2S/c1-4-6-7-12(5-2)14(16)17-9-8-13-11(3)15-10-18-13/h10,12H,4-9H2,1-3H3. The van der Waals surface area contributed by atoms with Crippen molar-refractivity contribution < 1.29 is 9.53 Å². The normalized spacial score (nSPS) is 12.4. The molecule has 1 atom stereocenters. The zero-order chi connectivity index (χ0) is 13.4. The van der Waals surface area contributed by atoms with Crippen molar-refractivity contribution >= 4 is 17.3 Å². The fourth-order valence-corrected chi connectivity index (χ4v) is 2.63. The first-order chi connectivity index (χ1) is 8.69. The lowest BCUT2D eigenvalue weighted by atomic mass is 10.00. The molecule has 0 amide bonds. The second kappa shape index (κ2) is 8.25. The summed E-state index contributed by atoms with van der Waals surface area (Å²) in [5, 5.41) is 0. The lowest BCUT2D eigenvalue weighted by Crippen LogP contribution is -2.18. The molecule has 18 heavy (non-hydrogen) atoms. The molecule has 1 aromatic heterocycles. The molecule has 1 unspecified atom stereocenters. The Morgan fingerprint density at radius 3 is 2.83 bits per heavy atom. The molecule has 1 aromatic rings. The number of carbonyl (C=O) groups excluding carboxylic acids is 1. The van der Waals surface area contributed by atoms with Gasteiger partial charge in [-0.25, -0.2) is 4.98 Å². The number of hydrogen-bond acceptors (Lipinski definition) is 4. The SMILES string of the molecule is CCCCC(CC)C(=O)OCCc1scnc1C. The second-order valence-electron chi connectivity index (χ2n) is 4.53. The van der Waals surface area contributed by atoms with Gasteiger partial charge in [0.1, 0.15) is 0 Å². The van der Waals surface area contributed by atoms with Crippen LogP contribution in [0.5, 0.6) is 0 Å². The molecular weight excluding hydrogens is 246 g/mol. The largest absolute Gasteiger partial charge is 0.465 e. The maximum Gasteiger partial charge on any atom is 0.308 e. The van der Waals surface area contributed by atoms with Gasteiger partial charge in [0.05, 0.1) is 23.7 Å². The molecule has 0 aliphatic rings. The van der Waals surface area contributed by atoms with Gasteiger partial charge in [0.15, 0.2) is 0 Å². The molecule has 0 aromatic carbocycles. The fourth-order valence-electron chi connectivity index (χ4n) is 1.87. The highest BCUT2D eigenvalue weighted by atomic mass is 32.1. The lowest BCUT2D eigenvalue weighted by molar-refractivity contribution is -0.148. The van der Waals surface area contributed by atoms with E-state index in [1.165, 1.54) is 4.88 Å². The predicted molar refractivity (Wildman–Crippen MR) is 74.8 cm³/mol. The van der Waals surface area contributed by atoms with Crippen molar-refractivity contribution in [3.05, 3.63) is 16.1 Å². The Morgan fingerprint density at radius 2 is 2.28 bits per heavy atom. The number of carbonyl (C=O) groups is 1. The van der Waals surface area contributed by atoms with Crippen LogP contribution in [0.1, 0.15) is 50.1 Å². The van der Waals surface area contributed by atoms with Crippen LogP contribution in [0.4, 0.5) is 0 Å². The Morgan fingerprint density at radius 1 is 1.50 bits per heavy atom. The number of aryl methyl sites for hydroxylation is 1. The van der Waals surface area contributed by atoms with E-state index in [-0.39, 0.29) is 11.9 Å². The van der Waals surface area contributed by atoms with Gasteiger partial charge < -0.3 is 4.74 Å². The van der Waals surface area contributed by atoms with Gasteiger partial charge in [0, 0.05) is 11.3 Å². The Bertz CT molecular complexity index is 362. The van der Waals surface area contributed by atoms with Crippen LogP contribution < -0.4 is 0 Å². The predicted octanol–water partition coefficient (Wildman–Crippen LogP) is 3.75. The Hall–Kier alpha value is -0.900. The van der Waals surface area contributed by atoms with Crippen LogP contribution in [-0.2, 0) is 16.0 Å². The number of nitrogens with zero attached hydrogens (tertiary/aromatic N) is 1. The number of hydrogen-bond donors (Lipinski definition) is 0. The summed E-state index contributed by atoms with van der Waals surface area (Å²) in [6.45, 7) is 6.66. The first-order valence-electron chi connectivity index (χ1n) is 6.74. The number of unbranched alkanes of at least 4 members (excludes halogenated alkanes) is 1. The van der Waals surface area contributed by atoms with Crippen LogP contribution in [-0.4, -0.2) is 17.6 Å². The molecule has 0 spiro atoms. The van der Waals surface area contributed by atoms with Crippen molar-refractivity contribution in [2.45, 2.75) is 52.9 Å². The molecule has 102 valence electrons. The topological polar surface area (TPSA) is 39.2 Å². The summed E-state index contributed by atoms with van der Waals surface area (Å²) in [6, 6.07) is 0. The summed E-state index contributed by atoms with van der Waals surface area (Å²) >= 11 is 1.63. The van der Waals surface area contributed by atoms with Gasteiger partial charge in [0.25, 0.3) is 0 Å². The van der Waals surface area contributed by atoms with E-state index in [0.29, 0.717) is 6.61 Å². The molecule has 0 fully saturated rings. The highest BCUT2D eigenvalue weighted by molar-refractivity contribution is 7.09. The molecule has 0 N–H and O–H groups in total. The van der Waals surface area contributed by atoms with Gasteiger partial charge in [-0.15, -0.1) is 11.3 Å². The molecule has 0 saturated heterocycles. The first-order valence-corrected chi connectivity index (χ1v) is 7.62. The molecule has 0 aliphatic heterocycles. The maximum absolute atomic E-state index is 11.9. The monoisotopic (exact) mass is 269 g/mol. The average Bonchev–Trinajstić information content (AvgIpc) is 2.76. The molecule has 1 heterocycles. The van der Waals surface area contributed by atoms with E-state index in [1.807, 2.05) is 12.4 Å². The van der Waals surface area contributed by atoms with Crippen LogP contribution in [0.15, 0.2) is 5.51 Å². The number of rotatable bonds is 8. The van der Waals surface area contributed by atoms with E-state index in [4.69, 9.17) is 4.74 Å². The average molecular weight is 269 g/mol. The quantitative estimate of drug-likeness (QED) is 0.675. The molecule has 0 bridgehead atoms. The van der Waals surface area contributed by atoms with Crippen LogP contribution in [0.3, 0.4) is 0 Å². The van der Waals surface area contributed by atoms with Crippen LogP contribution in [0, 0.1) is 12.8 Å². The van der Waals surface area contributed by atoms with E-state index in [9.17, 15) is 4.79 Å². The van der Waals surface area contributed by atoms with Gasteiger partial charge in [-0.1, -0.05) is 26.7 Å². The van der Waals surface area contributed by atoms with Crippen LogP contribution in [0.25, 0.3) is 0 Å². The molecule has 1 rings (SSSR count). The zero-order valence-electron chi connectivity index (χ0n) is 11.6. The number of thiazole rings is 1. The minimum atomic E-state index is -0.0341. The van der Waals surface area contributed by atoms with E-state index < -0.39 is 0 Å². The Kier molecular flexibility index (Phi) is 6.94.